The van der Waals surface area contributed by atoms with Crippen molar-refractivity contribution in [2.45, 2.75) is 48.5 Å². The Balaban J connectivity index is 5.76. The quantitative estimate of drug-likeness (QED) is 0.536. The molecule has 0 saturated carbocycles. The van der Waals surface area contributed by atoms with Gasteiger partial charge in [-0.3, -0.25) is 4.99 Å². The van der Waals surface area contributed by atoms with E-state index in [2.05, 4.69) is 70.9 Å². The largest absolute Gasteiger partial charge is 0.394 e. The molecule has 0 saturated heterocycles. The molecule has 2 N–H and O–H groups in total. The fourth-order valence-electron chi connectivity index (χ4n) is 2.26. The summed E-state index contributed by atoms with van der Waals surface area (Å²) in [6, 6.07) is 0. The van der Waals surface area contributed by atoms with Crippen molar-refractivity contribution in [3.8, 4) is 0 Å². The second-order valence-electron chi connectivity index (χ2n) is 6.12. The first-order valence-corrected chi connectivity index (χ1v) is 8.49. The van der Waals surface area contributed by atoms with Crippen molar-refractivity contribution in [2.75, 3.05) is 14.1 Å². The first-order chi connectivity index (χ1) is 11.3. The van der Waals surface area contributed by atoms with E-state index >= 15 is 0 Å². The molecule has 0 atom stereocenters. The minimum absolute atomic E-state index is 1.29. The number of allylic oxidation sites excluding steroid dienone is 11. The summed E-state index contributed by atoms with van der Waals surface area (Å²) in [5, 5.41) is 3.01. The molecule has 0 heterocycles. The topological polar surface area (TPSA) is 26.0 Å². The van der Waals surface area contributed by atoms with Gasteiger partial charge >= 0.3 is 0 Å². The molecule has 0 radical (unpaired) electrons. The Morgan fingerprint density at radius 2 is 1.29 bits per heavy atom. The summed E-state index contributed by atoms with van der Waals surface area (Å²) in [4.78, 5) is 3.01. The maximum atomic E-state index is 3.01. The lowest BCUT2D eigenvalue weighted by molar-refractivity contribution is -0.413. The third-order valence-corrected chi connectivity index (χ3v) is 4.65. The smallest absolute Gasteiger partial charge is 0.161 e. The minimum Gasteiger partial charge on any atom is -0.394 e. The lowest BCUT2D eigenvalue weighted by Crippen LogP contribution is -2.62. The zero-order valence-corrected chi connectivity index (χ0v) is 17.0. The fourth-order valence-corrected chi connectivity index (χ4v) is 2.26. The van der Waals surface area contributed by atoms with Crippen molar-refractivity contribution >= 4 is 6.21 Å². The van der Waals surface area contributed by atoms with Gasteiger partial charge in [0.15, 0.2) is 6.21 Å². The first kappa shape index (κ1) is 21.9. The Morgan fingerprint density at radius 3 is 1.83 bits per heavy atom. The molecule has 0 aromatic carbocycles. The monoisotopic (exact) mass is 327 g/mol. The first-order valence-electron chi connectivity index (χ1n) is 8.49. The van der Waals surface area contributed by atoms with Crippen LogP contribution in [0.15, 0.2) is 69.5 Å². The second-order valence-corrected chi connectivity index (χ2v) is 6.12. The maximum absolute atomic E-state index is 3.01. The van der Waals surface area contributed by atoms with Crippen LogP contribution in [0.4, 0.5) is 0 Å². The number of hydrogen-bond donors (Lipinski definition) is 2. The van der Waals surface area contributed by atoms with Gasteiger partial charge in [0.25, 0.3) is 0 Å². The molecule has 24 heavy (non-hydrogen) atoms. The van der Waals surface area contributed by atoms with Crippen molar-refractivity contribution in [3.63, 3.8) is 0 Å². The standard InChI is InChI=1S/C22H34N2/c1-16(12-10-14-23-8)18(3)20(5)22(7)21(6)19(4)17(2)13-11-15-24-9/h10-15,23H,1-9H3/p+1. The summed E-state index contributed by atoms with van der Waals surface area (Å²) in [5.74, 6) is 0. The Morgan fingerprint density at radius 1 is 0.750 bits per heavy atom. The summed E-state index contributed by atoms with van der Waals surface area (Å²) in [7, 11) is 3.81. The number of hydrogen-bond acceptors (Lipinski definition) is 1. The molecule has 132 valence electrons. The molecule has 0 aliphatic rings. The van der Waals surface area contributed by atoms with Gasteiger partial charge in [0.05, 0.1) is 0 Å². The summed E-state index contributed by atoms with van der Waals surface area (Å²) in [6.45, 7) is 15.3. The molecule has 0 aromatic heterocycles. The summed E-state index contributed by atoms with van der Waals surface area (Å²) in [5.41, 5.74) is 9.27. The molecule has 0 spiro atoms. The van der Waals surface area contributed by atoms with E-state index in [9.17, 15) is 0 Å². The van der Waals surface area contributed by atoms with Crippen molar-refractivity contribution in [3.05, 3.63) is 69.5 Å². The van der Waals surface area contributed by atoms with Crippen LogP contribution < -0.4 is 10.3 Å². The second kappa shape index (κ2) is 11.4. The minimum atomic E-state index is 1.29. The molecule has 0 aliphatic carbocycles. The van der Waals surface area contributed by atoms with Gasteiger partial charge in [0.1, 0.15) is 7.05 Å². The Bertz CT molecular complexity index is 633. The number of nitrogens with one attached hydrogen (secondary N) is 2. The van der Waals surface area contributed by atoms with Crippen LogP contribution in [0.5, 0.6) is 0 Å². The molecular weight excluding hydrogens is 292 g/mol. The van der Waals surface area contributed by atoms with E-state index in [1.54, 1.807) is 0 Å². The predicted octanol–water partition coefficient (Wildman–Crippen LogP) is 4.01. The summed E-state index contributed by atoms with van der Waals surface area (Å²) >= 11 is 0. The molecule has 2 heteroatoms. The zero-order valence-electron chi connectivity index (χ0n) is 17.0. The molecule has 0 aromatic rings. The van der Waals surface area contributed by atoms with Crippen molar-refractivity contribution in [2.24, 2.45) is 0 Å². The number of rotatable bonds is 7. The highest BCUT2D eigenvalue weighted by molar-refractivity contribution is 5.66. The van der Waals surface area contributed by atoms with Gasteiger partial charge in [0, 0.05) is 13.1 Å². The highest BCUT2D eigenvalue weighted by Crippen LogP contribution is 2.26. The van der Waals surface area contributed by atoms with Gasteiger partial charge < -0.3 is 5.32 Å². The molecule has 0 rings (SSSR count). The Kier molecular flexibility index (Phi) is 10.4. The molecule has 0 amide bonds. The third kappa shape index (κ3) is 6.99. The van der Waals surface area contributed by atoms with Gasteiger partial charge in [0.2, 0.25) is 0 Å². The molecular formula is C22H35N2+. The molecule has 2 nitrogen and oxygen atoms in total. The van der Waals surface area contributed by atoms with Crippen LogP contribution in [0.3, 0.4) is 0 Å². The van der Waals surface area contributed by atoms with E-state index in [1.165, 1.54) is 39.0 Å². The van der Waals surface area contributed by atoms with Gasteiger partial charge in [-0.1, -0.05) is 12.2 Å². The molecule has 0 fully saturated rings. The normalized spacial score (nSPS) is 16.6. The van der Waals surface area contributed by atoms with Crippen LogP contribution in [-0.2, 0) is 0 Å². The van der Waals surface area contributed by atoms with E-state index in [1.807, 2.05) is 38.7 Å². The van der Waals surface area contributed by atoms with Crippen LogP contribution in [0.25, 0.3) is 0 Å². The molecule has 0 aliphatic heterocycles. The van der Waals surface area contributed by atoms with Crippen molar-refractivity contribution < 1.29 is 4.99 Å². The van der Waals surface area contributed by atoms with Gasteiger partial charge in [-0.05, 0) is 99.8 Å². The van der Waals surface area contributed by atoms with E-state index in [0.717, 1.165) is 0 Å². The predicted molar refractivity (Wildman–Crippen MR) is 109 cm³/mol. The van der Waals surface area contributed by atoms with Crippen LogP contribution in [0.2, 0.25) is 0 Å². The summed E-state index contributed by atoms with van der Waals surface area (Å²) in [6.07, 6.45) is 12.2. The van der Waals surface area contributed by atoms with Crippen LogP contribution >= 0.6 is 0 Å². The SMILES string of the molecule is CNC=CC=C(C)C(C)=C(C)C(C)=C(C)C(C)=C(C)C=CC=[NH+]C. The third-order valence-electron chi connectivity index (χ3n) is 4.65. The maximum Gasteiger partial charge on any atom is 0.161 e. The fraction of sp³-hybridized carbons (Fsp3) is 0.409. The van der Waals surface area contributed by atoms with Gasteiger partial charge in [-0.2, -0.15) is 0 Å². The van der Waals surface area contributed by atoms with E-state index in [-0.39, 0.29) is 0 Å². The summed E-state index contributed by atoms with van der Waals surface area (Å²) < 4.78 is 0. The Hall–Kier alpha value is -2.09. The van der Waals surface area contributed by atoms with Crippen LogP contribution in [0, 0.1) is 0 Å². The van der Waals surface area contributed by atoms with Crippen LogP contribution in [-0.4, -0.2) is 20.3 Å². The van der Waals surface area contributed by atoms with E-state index in [0.29, 0.717) is 0 Å². The van der Waals surface area contributed by atoms with E-state index < -0.39 is 0 Å². The van der Waals surface area contributed by atoms with Gasteiger partial charge in [-0.15, -0.1) is 0 Å². The van der Waals surface area contributed by atoms with Gasteiger partial charge in [-0.25, -0.2) is 0 Å². The average molecular weight is 328 g/mol. The lowest BCUT2D eigenvalue weighted by Gasteiger charge is -2.14. The Labute approximate surface area is 149 Å². The van der Waals surface area contributed by atoms with Crippen molar-refractivity contribution in [1.82, 2.24) is 5.32 Å². The highest BCUT2D eigenvalue weighted by atomic mass is 14.8. The molecule has 0 unspecified atom stereocenters. The lowest BCUT2D eigenvalue weighted by atomic mass is 9.91. The van der Waals surface area contributed by atoms with Crippen LogP contribution in [0.1, 0.15) is 48.5 Å². The molecule has 0 bridgehead atoms. The average Bonchev–Trinajstić information content (AvgIpc) is 2.58. The van der Waals surface area contributed by atoms with Crippen molar-refractivity contribution in [1.29, 1.82) is 0 Å². The highest BCUT2D eigenvalue weighted by Gasteiger charge is 2.07. The van der Waals surface area contributed by atoms with E-state index in [4.69, 9.17) is 0 Å². The zero-order chi connectivity index (χ0) is 18.7.